The van der Waals surface area contributed by atoms with Crippen LogP contribution in [0, 0.1) is 6.92 Å². The lowest BCUT2D eigenvalue weighted by molar-refractivity contribution is -0.130. The maximum atomic E-state index is 12.0. The summed E-state index contributed by atoms with van der Waals surface area (Å²) in [5, 5.41) is 0. The zero-order chi connectivity index (χ0) is 29.4. The highest BCUT2D eigenvalue weighted by molar-refractivity contribution is 5.89. The molecule has 0 unspecified atom stereocenters. The predicted octanol–water partition coefficient (Wildman–Crippen LogP) is 9.05. The number of ether oxygens (including phenoxy) is 2. The quantitative estimate of drug-likeness (QED) is 0.107. The van der Waals surface area contributed by atoms with Gasteiger partial charge in [0.25, 0.3) is 0 Å². The van der Waals surface area contributed by atoms with Crippen LogP contribution in [0.5, 0.6) is 11.5 Å². The maximum absolute atomic E-state index is 12.0. The van der Waals surface area contributed by atoms with Crippen molar-refractivity contribution in [1.82, 2.24) is 0 Å². The van der Waals surface area contributed by atoms with Crippen LogP contribution in [-0.2, 0) is 16.0 Å². The van der Waals surface area contributed by atoms with Gasteiger partial charge in [-0.2, -0.15) is 0 Å². The molecule has 0 aliphatic heterocycles. The van der Waals surface area contributed by atoms with E-state index in [4.69, 9.17) is 9.47 Å². The molecule has 0 heterocycles. The highest BCUT2D eigenvalue weighted by Gasteiger charge is 2.15. The molecule has 0 aromatic heterocycles. The number of unbranched alkanes of at least 4 members (excludes halogenated alkanes) is 1. The molecular weight excluding hydrogens is 510 g/mol. The molecule has 4 rings (SSSR count). The fraction of sp³-hybridized carbons (Fsp3) is 0.167. The monoisotopic (exact) mass is 545 g/mol. The number of hydrogen-bond donors (Lipinski definition) is 0. The fourth-order valence-corrected chi connectivity index (χ4v) is 4.41. The summed E-state index contributed by atoms with van der Waals surface area (Å²) >= 11 is 0. The van der Waals surface area contributed by atoms with E-state index in [0.29, 0.717) is 17.1 Å². The number of carbonyl (C=O) groups excluding carboxylic acids is 2. The van der Waals surface area contributed by atoms with E-state index < -0.39 is 11.9 Å². The largest absolute Gasteiger partial charge is 0.423 e. The number of esters is 2. The normalized spacial score (nSPS) is 10.5. The molecule has 0 bridgehead atoms. The first-order valence-electron chi connectivity index (χ1n) is 13.7. The number of nitrogens with zero attached hydrogens (tertiary/aromatic N) is 1. The Morgan fingerprint density at radius 2 is 1.29 bits per heavy atom. The van der Waals surface area contributed by atoms with Gasteiger partial charge in [-0.1, -0.05) is 56.8 Å². The number of benzene rings is 4. The van der Waals surface area contributed by atoms with Crippen molar-refractivity contribution in [3.05, 3.63) is 127 Å². The minimum atomic E-state index is -0.488. The van der Waals surface area contributed by atoms with E-state index in [9.17, 15) is 9.59 Å². The third-order valence-corrected chi connectivity index (χ3v) is 6.74. The first-order chi connectivity index (χ1) is 19.8. The Kier molecular flexibility index (Phi) is 9.54. The second kappa shape index (κ2) is 13.4. The molecule has 4 aromatic rings. The van der Waals surface area contributed by atoms with Crippen molar-refractivity contribution < 1.29 is 19.1 Å². The molecule has 0 fully saturated rings. The molecule has 5 nitrogen and oxygen atoms in total. The summed E-state index contributed by atoms with van der Waals surface area (Å²) in [7, 11) is 0. The molecular formula is C36H35NO4. The summed E-state index contributed by atoms with van der Waals surface area (Å²) in [5.41, 5.74) is 7.97. The summed E-state index contributed by atoms with van der Waals surface area (Å²) in [6, 6.07) is 29.7. The van der Waals surface area contributed by atoms with E-state index in [1.165, 1.54) is 11.1 Å². The van der Waals surface area contributed by atoms with Crippen molar-refractivity contribution in [1.29, 1.82) is 0 Å². The molecule has 208 valence electrons. The number of anilines is 3. The Bertz CT molecular complexity index is 1530. The summed E-state index contributed by atoms with van der Waals surface area (Å²) in [6.45, 7) is 13.1. The van der Waals surface area contributed by atoms with Crippen LogP contribution in [0.3, 0.4) is 0 Å². The van der Waals surface area contributed by atoms with Gasteiger partial charge in [-0.25, -0.2) is 9.59 Å². The van der Waals surface area contributed by atoms with Crippen LogP contribution in [-0.4, -0.2) is 11.9 Å². The smallest absolute Gasteiger partial charge is 0.338 e. The highest BCUT2D eigenvalue weighted by atomic mass is 16.5. The lowest BCUT2D eigenvalue weighted by Crippen LogP contribution is -2.11. The van der Waals surface area contributed by atoms with Gasteiger partial charge in [0.15, 0.2) is 0 Å². The zero-order valence-corrected chi connectivity index (χ0v) is 23.9. The van der Waals surface area contributed by atoms with E-state index in [1.807, 2.05) is 24.3 Å². The number of rotatable bonds is 11. The van der Waals surface area contributed by atoms with E-state index in [0.717, 1.165) is 53.5 Å². The van der Waals surface area contributed by atoms with Gasteiger partial charge in [0.2, 0.25) is 0 Å². The molecule has 0 saturated heterocycles. The topological polar surface area (TPSA) is 55.8 Å². The van der Waals surface area contributed by atoms with Gasteiger partial charge >= 0.3 is 11.9 Å². The average Bonchev–Trinajstić information content (AvgIpc) is 2.99. The summed E-state index contributed by atoms with van der Waals surface area (Å²) in [4.78, 5) is 25.7. The Labute approximate surface area is 242 Å². The Morgan fingerprint density at radius 3 is 1.85 bits per heavy atom. The number of hydrogen-bond acceptors (Lipinski definition) is 5. The minimum absolute atomic E-state index is 0.350. The zero-order valence-electron chi connectivity index (χ0n) is 23.9. The average molecular weight is 546 g/mol. The van der Waals surface area contributed by atoms with Gasteiger partial charge in [0.1, 0.15) is 11.5 Å². The third kappa shape index (κ3) is 7.40. The van der Waals surface area contributed by atoms with Crippen LogP contribution in [0.4, 0.5) is 17.1 Å². The van der Waals surface area contributed by atoms with E-state index >= 15 is 0 Å². The standard InChI is InChI=1S/C36H35NO4/c1-6-8-9-29-24-32(15-10-26(29)5)37(31-18-22-34(23-19-31)41-36(39)25(3)4)30-16-11-27(12-17-30)28-13-20-33(21-14-28)40-35(38)7-2/h7,10-24H,2-3,6,8-9H2,1,4-5H3. The second-order valence-corrected chi connectivity index (χ2v) is 9.91. The highest BCUT2D eigenvalue weighted by Crippen LogP contribution is 2.37. The van der Waals surface area contributed by atoms with Gasteiger partial charge in [-0.05, 0) is 110 Å². The van der Waals surface area contributed by atoms with Gasteiger partial charge in [0, 0.05) is 28.7 Å². The van der Waals surface area contributed by atoms with Crippen molar-refractivity contribution >= 4 is 29.0 Å². The molecule has 5 heteroatoms. The molecule has 4 aromatic carbocycles. The fourth-order valence-electron chi connectivity index (χ4n) is 4.41. The molecule has 0 N–H and O–H groups in total. The van der Waals surface area contributed by atoms with Crippen molar-refractivity contribution in [2.75, 3.05) is 4.90 Å². The number of carbonyl (C=O) groups is 2. The molecule has 41 heavy (non-hydrogen) atoms. The predicted molar refractivity (Wildman–Crippen MR) is 166 cm³/mol. The lowest BCUT2D eigenvalue weighted by atomic mass is 10.0. The summed E-state index contributed by atoms with van der Waals surface area (Å²) < 4.78 is 10.6. The Hall–Kier alpha value is -4.90. The molecule has 0 radical (unpaired) electrons. The SMILES string of the molecule is C=CC(=O)Oc1ccc(-c2ccc(N(c3ccc(OC(=O)C(=C)C)cc3)c3ccc(C)c(CCCC)c3)cc2)cc1. The molecule has 0 aliphatic carbocycles. The molecule has 0 aliphatic rings. The number of aryl methyl sites for hydroxylation is 2. The van der Waals surface area contributed by atoms with E-state index in [1.54, 1.807) is 31.2 Å². The second-order valence-electron chi connectivity index (χ2n) is 9.91. The Morgan fingerprint density at radius 1 is 0.780 bits per heavy atom. The van der Waals surface area contributed by atoms with Crippen molar-refractivity contribution in [2.45, 2.75) is 40.0 Å². The molecule has 0 saturated carbocycles. The molecule has 0 spiro atoms. The first kappa shape index (κ1) is 29.1. The maximum Gasteiger partial charge on any atom is 0.338 e. The van der Waals surface area contributed by atoms with E-state index in [2.05, 4.69) is 74.4 Å². The molecule has 0 amide bonds. The van der Waals surface area contributed by atoms with Gasteiger partial charge < -0.3 is 14.4 Å². The van der Waals surface area contributed by atoms with Gasteiger partial charge in [0.05, 0.1) is 0 Å². The third-order valence-electron chi connectivity index (χ3n) is 6.74. The van der Waals surface area contributed by atoms with Crippen LogP contribution in [0.2, 0.25) is 0 Å². The lowest BCUT2D eigenvalue weighted by Gasteiger charge is -2.27. The van der Waals surface area contributed by atoms with Crippen molar-refractivity contribution in [2.24, 2.45) is 0 Å². The van der Waals surface area contributed by atoms with Gasteiger partial charge in [-0.3, -0.25) is 0 Å². The summed E-state index contributed by atoms with van der Waals surface area (Å²) in [5.74, 6) is -0.00163. The minimum Gasteiger partial charge on any atom is -0.423 e. The van der Waals surface area contributed by atoms with Crippen molar-refractivity contribution in [3.8, 4) is 22.6 Å². The first-order valence-corrected chi connectivity index (χ1v) is 13.7. The van der Waals surface area contributed by atoms with Crippen LogP contribution in [0.1, 0.15) is 37.8 Å². The Balaban J connectivity index is 1.68. The van der Waals surface area contributed by atoms with Gasteiger partial charge in [-0.15, -0.1) is 0 Å². The van der Waals surface area contributed by atoms with E-state index in [-0.39, 0.29) is 0 Å². The van der Waals surface area contributed by atoms with Crippen LogP contribution in [0.25, 0.3) is 11.1 Å². The van der Waals surface area contributed by atoms with Crippen LogP contribution < -0.4 is 14.4 Å². The van der Waals surface area contributed by atoms with Crippen LogP contribution >= 0.6 is 0 Å². The van der Waals surface area contributed by atoms with Crippen LogP contribution in [0.15, 0.2) is 116 Å². The molecule has 0 atom stereocenters. The summed E-state index contributed by atoms with van der Waals surface area (Å²) in [6.07, 6.45) is 4.43. The van der Waals surface area contributed by atoms with Crippen molar-refractivity contribution in [3.63, 3.8) is 0 Å².